The first-order valence-electron chi connectivity index (χ1n) is 8.78. The SMILES string of the molecule is CC1=C2CCN(S(=O)(=O)c3ccc(C)cc3)c3ccc(F)c(c32)C1(C)C. The van der Waals surface area contributed by atoms with E-state index >= 15 is 0 Å². The summed E-state index contributed by atoms with van der Waals surface area (Å²) in [5, 5.41) is 0. The molecule has 0 unspecified atom stereocenters. The summed E-state index contributed by atoms with van der Waals surface area (Å²) in [5.41, 5.74) is 4.79. The summed E-state index contributed by atoms with van der Waals surface area (Å²) in [5.74, 6) is -0.266. The van der Waals surface area contributed by atoms with Gasteiger partial charge in [0.05, 0.1) is 10.6 Å². The molecule has 0 fully saturated rings. The van der Waals surface area contributed by atoms with E-state index in [1.165, 1.54) is 10.4 Å². The van der Waals surface area contributed by atoms with Crippen molar-refractivity contribution in [2.75, 3.05) is 10.8 Å². The third kappa shape index (κ3) is 2.19. The predicted octanol–water partition coefficient (Wildman–Crippen LogP) is 4.80. The summed E-state index contributed by atoms with van der Waals surface area (Å²) in [6.45, 7) is 8.34. The Morgan fingerprint density at radius 3 is 2.35 bits per heavy atom. The molecule has 0 N–H and O–H groups in total. The number of aryl methyl sites for hydroxylation is 1. The molecular weight excluding hydrogens is 349 g/mol. The number of hydrogen-bond acceptors (Lipinski definition) is 2. The van der Waals surface area contributed by atoms with Crippen molar-refractivity contribution in [3.8, 4) is 0 Å². The molecule has 0 radical (unpaired) electrons. The van der Waals surface area contributed by atoms with Crippen LogP contribution in [-0.4, -0.2) is 15.0 Å². The molecule has 0 atom stereocenters. The molecule has 0 saturated heterocycles. The summed E-state index contributed by atoms with van der Waals surface area (Å²) in [4.78, 5) is 0.266. The van der Waals surface area contributed by atoms with Gasteiger partial charge in [-0.25, -0.2) is 12.8 Å². The molecule has 1 aliphatic carbocycles. The van der Waals surface area contributed by atoms with E-state index < -0.39 is 15.4 Å². The number of sulfonamides is 1. The lowest BCUT2D eigenvalue weighted by Crippen LogP contribution is -2.35. The predicted molar refractivity (Wildman–Crippen MR) is 102 cm³/mol. The summed E-state index contributed by atoms with van der Waals surface area (Å²) >= 11 is 0. The van der Waals surface area contributed by atoms with Crippen LogP contribution in [0.3, 0.4) is 0 Å². The largest absolute Gasteiger partial charge is 0.265 e. The molecule has 26 heavy (non-hydrogen) atoms. The van der Waals surface area contributed by atoms with Crippen LogP contribution in [0.2, 0.25) is 0 Å². The molecule has 1 aliphatic heterocycles. The van der Waals surface area contributed by atoms with Crippen molar-refractivity contribution in [3.05, 3.63) is 64.5 Å². The smallest absolute Gasteiger partial charge is 0.264 e. The van der Waals surface area contributed by atoms with E-state index in [9.17, 15) is 12.8 Å². The molecule has 4 rings (SSSR count). The standard InChI is InChI=1S/C21H22FNO2S/c1-13-5-7-15(8-6-13)26(24,25)23-12-11-16-14(2)21(3,4)20-17(22)9-10-18(23)19(16)20/h5-10H,11-12H2,1-4H3. The zero-order valence-corrected chi connectivity index (χ0v) is 16.2. The van der Waals surface area contributed by atoms with Gasteiger partial charge in [0, 0.05) is 23.1 Å². The topological polar surface area (TPSA) is 37.4 Å². The van der Waals surface area contributed by atoms with Crippen molar-refractivity contribution in [3.63, 3.8) is 0 Å². The minimum atomic E-state index is -3.68. The Balaban J connectivity index is 1.93. The van der Waals surface area contributed by atoms with E-state index in [0.29, 0.717) is 24.2 Å². The molecule has 0 amide bonds. The minimum Gasteiger partial charge on any atom is -0.265 e. The number of halogens is 1. The first-order valence-corrected chi connectivity index (χ1v) is 10.2. The van der Waals surface area contributed by atoms with Crippen molar-refractivity contribution < 1.29 is 12.8 Å². The van der Waals surface area contributed by atoms with E-state index in [0.717, 1.165) is 22.3 Å². The minimum absolute atomic E-state index is 0.266. The van der Waals surface area contributed by atoms with Crippen LogP contribution < -0.4 is 4.31 Å². The quantitative estimate of drug-likeness (QED) is 0.761. The third-order valence-electron chi connectivity index (χ3n) is 5.89. The van der Waals surface area contributed by atoms with Crippen LogP contribution in [0.5, 0.6) is 0 Å². The second-order valence-corrected chi connectivity index (χ2v) is 9.55. The van der Waals surface area contributed by atoms with E-state index in [4.69, 9.17) is 0 Å². The molecule has 3 nitrogen and oxygen atoms in total. The number of hydrogen-bond donors (Lipinski definition) is 0. The Hall–Kier alpha value is -2.14. The maximum atomic E-state index is 14.7. The van der Waals surface area contributed by atoms with Crippen molar-refractivity contribution in [2.24, 2.45) is 0 Å². The van der Waals surface area contributed by atoms with Crippen molar-refractivity contribution in [1.82, 2.24) is 0 Å². The fraction of sp³-hybridized carbons (Fsp3) is 0.333. The zero-order valence-electron chi connectivity index (χ0n) is 15.4. The van der Waals surface area contributed by atoms with Gasteiger partial charge >= 0.3 is 0 Å². The highest BCUT2D eigenvalue weighted by Gasteiger charge is 2.43. The summed E-state index contributed by atoms with van der Waals surface area (Å²) in [6, 6.07) is 9.86. The van der Waals surface area contributed by atoms with Gasteiger partial charge in [0.2, 0.25) is 0 Å². The lowest BCUT2D eigenvalue weighted by atomic mass is 9.81. The molecule has 0 aromatic heterocycles. The molecule has 2 aliphatic rings. The van der Waals surface area contributed by atoms with Crippen molar-refractivity contribution in [1.29, 1.82) is 0 Å². The fourth-order valence-corrected chi connectivity index (χ4v) is 5.65. The molecule has 0 bridgehead atoms. The highest BCUT2D eigenvalue weighted by atomic mass is 32.2. The Bertz CT molecular complexity index is 1050. The van der Waals surface area contributed by atoms with Gasteiger partial charge in [-0.1, -0.05) is 37.1 Å². The van der Waals surface area contributed by atoms with Gasteiger partial charge in [-0.05, 0) is 50.1 Å². The average molecular weight is 371 g/mol. The molecular formula is C21H22FNO2S. The average Bonchev–Trinajstić information content (AvgIpc) is 2.80. The van der Waals surface area contributed by atoms with E-state index in [1.807, 2.05) is 27.7 Å². The summed E-state index contributed by atoms with van der Waals surface area (Å²) < 4.78 is 42.6. The van der Waals surface area contributed by atoms with Crippen LogP contribution in [-0.2, 0) is 15.4 Å². The van der Waals surface area contributed by atoms with E-state index in [2.05, 4.69) is 0 Å². The zero-order chi connectivity index (χ0) is 18.9. The number of benzene rings is 2. The number of allylic oxidation sites excluding steroid dienone is 1. The van der Waals surface area contributed by atoms with Crippen LogP contribution in [0.15, 0.2) is 46.9 Å². The van der Waals surface area contributed by atoms with Crippen LogP contribution in [0.1, 0.15) is 43.9 Å². The van der Waals surface area contributed by atoms with Gasteiger partial charge in [-0.2, -0.15) is 0 Å². The Labute approximate surface area is 154 Å². The van der Waals surface area contributed by atoms with Gasteiger partial charge in [0.15, 0.2) is 0 Å². The number of rotatable bonds is 2. The molecule has 2 aromatic carbocycles. The molecule has 0 saturated carbocycles. The third-order valence-corrected chi connectivity index (χ3v) is 7.72. The van der Waals surface area contributed by atoms with Gasteiger partial charge < -0.3 is 0 Å². The highest BCUT2D eigenvalue weighted by Crippen LogP contribution is 2.54. The Kier molecular flexibility index (Phi) is 3.61. The lowest BCUT2D eigenvalue weighted by molar-refractivity contribution is 0.549. The van der Waals surface area contributed by atoms with Crippen molar-refractivity contribution in [2.45, 2.75) is 44.4 Å². The lowest BCUT2D eigenvalue weighted by Gasteiger charge is -2.32. The van der Waals surface area contributed by atoms with Crippen LogP contribution in [0, 0.1) is 12.7 Å². The van der Waals surface area contributed by atoms with Gasteiger partial charge in [0.1, 0.15) is 5.82 Å². The Morgan fingerprint density at radius 1 is 1.04 bits per heavy atom. The number of anilines is 1. The van der Waals surface area contributed by atoms with E-state index in [-0.39, 0.29) is 10.7 Å². The van der Waals surface area contributed by atoms with Crippen LogP contribution in [0.25, 0.3) is 5.57 Å². The first-order chi connectivity index (χ1) is 12.2. The van der Waals surface area contributed by atoms with Crippen LogP contribution >= 0.6 is 0 Å². The van der Waals surface area contributed by atoms with Gasteiger partial charge in [-0.3, -0.25) is 4.31 Å². The molecule has 136 valence electrons. The highest BCUT2D eigenvalue weighted by molar-refractivity contribution is 7.92. The second kappa shape index (κ2) is 5.43. The maximum absolute atomic E-state index is 14.7. The number of nitrogens with zero attached hydrogens (tertiary/aromatic N) is 1. The van der Waals surface area contributed by atoms with E-state index in [1.54, 1.807) is 30.3 Å². The first kappa shape index (κ1) is 17.3. The Morgan fingerprint density at radius 2 is 1.69 bits per heavy atom. The molecule has 1 heterocycles. The maximum Gasteiger partial charge on any atom is 0.264 e. The normalized spacial score (nSPS) is 18.3. The molecule has 0 spiro atoms. The molecule has 5 heteroatoms. The fourth-order valence-electron chi connectivity index (χ4n) is 4.18. The summed E-state index contributed by atoms with van der Waals surface area (Å²) in [6.07, 6.45) is 0.601. The second-order valence-electron chi connectivity index (χ2n) is 7.69. The van der Waals surface area contributed by atoms with Crippen LogP contribution in [0.4, 0.5) is 10.1 Å². The van der Waals surface area contributed by atoms with Gasteiger partial charge in [0.25, 0.3) is 10.0 Å². The monoisotopic (exact) mass is 371 g/mol. The van der Waals surface area contributed by atoms with Gasteiger partial charge in [-0.15, -0.1) is 0 Å². The van der Waals surface area contributed by atoms with Crippen molar-refractivity contribution >= 4 is 21.3 Å². The summed E-state index contributed by atoms with van der Waals surface area (Å²) in [7, 11) is -3.68. The molecule has 2 aromatic rings.